The molecule has 0 bridgehead atoms. The van der Waals surface area contributed by atoms with Crippen LogP contribution in [0, 0.1) is 20.8 Å². The van der Waals surface area contributed by atoms with E-state index in [4.69, 9.17) is 21.7 Å². The van der Waals surface area contributed by atoms with Crippen molar-refractivity contribution in [1.82, 2.24) is 15.2 Å². The summed E-state index contributed by atoms with van der Waals surface area (Å²) in [6.45, 7) is 8.33. The van der Waals surface area contributed by atoms with E-state index in [0.29, 0.717) is 27.9 Å². The first-order valence-electron chi connectivity index (χ1n) is 9.84. The summed E-state index contributed by atoms with van der Waals surface area (Å²) < 4.78 is 10.3. The van der Waals surface area contributed by atoms with Crippen molar-refractivity contribution in [2.45, 2.75) is 26.8 Å². The van der Waals surface area contributed by atoms with E-state index in [1.807, 2.05) is 0 Å². The van der Waals surface area contributed by atoms with Crippen LogP contribution in [0.3, 0.4) is 0 Å². The van der Waals surface area contributed by atoms with Crippen LogP contribution in [0.5, 0.6) is 5.88 Å². The maximum absolute atomic E-state index is 12.1. The third kappa shape index (κ3) is 4.71. The van der Waals surface area contributed by atoms with Crippen molar-refractivity contribution in [3.8, 4) is 5.88 Å². The SMILES string of the molecule is COC(=O)c1cc(NC(=S)N2CCNCC2c2cc(C)cc(C)c2)c(OC)nc1C. The van der Waals surface area contributed by atoms with Crippen LogP contribution in [0.1, 0.15) is 38.8 Å². The van der Waals surface area contributed by atoms with E-state index in [1.54, 1.807) is 13.0 Å². The molecule has 1 aromatic heterocycles. The van der Waals surface area contributed by atoms with E-state index >= 15 is 0 Å². The number of nitrogens with zero attached hydrogens (tertiary/aromatic N) is 2. The van der Waals surface area contributed by atoms with Crippen LogP contribution < -0.4 is 15.4 Å². The Balaban J connectivity index is 1.90. The lowest BCUT2D eigenvalue weighted by Crippen LogP contribution is -2.50. The summed E-state index contributed by atoms with van der Waals surface area (Å²) in [5.41, 5.74) is 5.10. The van der Waals surface area contributed by atoms with Gasteiger partial charge in [-0.05, 0) is 44.6 Å². The third-order valence-corrected chi connectivity index (χ3v) is 5.49. The first-order valence-corrected chi connectivity index (χ1v) is 10.2. The summed E-state index contributed by atoms with van der Waals surface area (Å²) in [6, 6.07) is 8.33. The first-order chi connectivity index (χ1) is 14.3. The van der Waals surface area contributed by atoms with Gasteiger partial charge in [0.25, 0.3) is 0 Å². The highest BCUT2D eigenvalue weighted by Gasteiger charge is 2.27. The Labute approximate surface area is 182 Å². The Morgan fingerprint density at radius 2 is 1.90 bits per heavy atom. The molecule has 2 N–H and O–H groups in total. The minimum Gasteiger partial charge on any atom is -0.480 e. The van der Waals surface area contributed by atoms with Crippen molar-refractivity contribution < 1.29 is 14.3 Å². The lowest BCUT2D eigenvalue weighted by atomic mass is 9.99. The zero-order valence-corrected chi connectivity index (χ0v) is 18.9. The van der Waals surface area contributed by atoms with Gasteiger partial charge in [-0.15, -0.1) is 0 Å². The van der Waals surface area contributed by atoms with Gasteiger partial charge in [-0.1, -0.05) is 29.3 Å². The number of hydrogen-bond donors (Lipinski definition) is 2. The molecular weight excluding hydrogens is 400 g/mol. The second kappa shape index (κ2) is 9.40. The zero-order chi connectivity index (χ0) is 21.8. The number of ether oxygens (including phenoxy) is 2. The number of pyridine rings is 1. The van der Waals surface area contributed by atoms with Gasteiger partial charge in [-0.25, -0.2) is 9.78 Å². The molecule has 0 aliphatic carbocycles. The molecule has 2 aromatic rings. The quantitative estimate of drug-likeness (QED) is 0.568. The van der Waals surface area contributed by atoms with Gasteiger partial charge in [-0.2, -0.15) is 0 Å². The molecule has 0 spiro atoms. The Kier molecular flexibility index (Phi) is 6.89. The normalized spacial score (nSPS) is 16.2. The van der Waals surface area contributed by atoms with Crippen molar-refractivity contribution in [2.75, 3.05) is 39.2 Å². The van der Waals surface area contributed by atoms with Crippen molar-refractivity contribution in [3.05, 3.63) is 52.2 Å². The van der Waals surface area contributed by atoms with Crippen LogP contribution in [-0.4, -0.2) is 54.8 Å². The third-order valence-electron chi connectivity index (χ3n) is 5.15. The smallest absolute Gasteiger partial charge is 0.339 e. The minimum absolute atomic E-state index is 0.0989. The number of aryl methyl sites for hydroxylation is 3. The van der Waals surface area contributed by atoms with Crippen LogP contribution >= 0.6 is 12.2 Å². The fourth-order valence-electron chi connectivity index (χ4n) is 3.78. The van der Waals surface area contributed by atoms with Crippen LogP contribution in [-0.2, 0) is 4.74 Å². The van der Waals surface area contributed by atoms with Gasteiger partial charge >= 0.3 is 5.97 Å². The molecule has 1 saturated heterocycles. The molecule has 0 saturated carbocycles. The molecule has 1 aromatic carbocycles. The highest BCUT2D eigenvalue weighted by Crippen LogP contribution is 2.29. The average molecular weight is 429 g/mol. The van der Waals surface area contributed by atoms with E-state index in [2.05, 4.69) is 52.6 Å². The lowest BCUT2D eigenvalue weighted by molar-refractivity contribution is 0.0599. The zero-order valence-electron chi connectivity index (χ0n) is 18.0. The van der Waals surface area contributed by atoms with E-state index in [0.717, 1.165) is 19.6 Å². The van der Waals surface area contributed by atoms with Crippen molar-refractivity contribution in [1.29, 1.82) is 0 Å². The number of nitrogens with one attached hydrogen (secondary N) is 2. The molecule has 1 atom stereocenters. The van der Waals surface area contributed by atoms with Gasteiger partial charge in [0, 0.05) is 19.6 Å². The number of esters is 1. The van der Waals surface area contributed by atoms with Gasteiger partial charge in [0.15, 0.2) is 5.11 Å². The summed E-state index contributed by atoms with van der Waals surface area (Å²) in [5.74, 6) is -0.0764. The Hall–Kier alpha value is -2.71. The average Bonchev–Trinajstić information content (AvgIpc) is 2.73. The maximum atomic E-state index is 12.1. The molecule has 30 heavy (non-hydrogen) atoms. The molecule has 8 heteroatoms. The van der Waals surface area contributed by atoms with E-state index in [1.165, 1.54) is 30.9 Å². The van der Waals surface area contributed by atoms with Gasteiger partial charge < -0.3 is 25.0 Å². The summed E-state index contributed by atoms with van der Waals surface area (Å²) in [6.07, 6.45) is 0. The van der Waals surface area contributed by atoms with Crippen LogP contribution in [0.2, 0.25) is 0 Å². The Morgan fingerprint density at radius 3 is 2.53 bits per heavy atom. The fraction of sp³-hybridized carbons (Fsp3) is 0.409. The summed E-state index contributed by atoms with van der Waals surface area (Å²) in [4.78, 5) is 18.6. The molecule has 1 fully saturated rings. The molecule has 0 amide bonds. The van der Waals surface area contributed by atoms with Gasteiger partial charge in [0.2, 0.25) is 5.88 Å². The van der Waals surface area contributed by atoms with Crippen molar-refractivity contribution in [2.24, 2.45) is 0 Å². The standard InChI is InChI=1S/C22H28N4O3S/c1-13-8-14(2)10-16(9-13)19-12-23-6-7-26(19)22(30)25-18-11-17(21(27)29-5)15(3)24-20(18)28-4/h8-11,19,23H,6-7,12H2,1-5H3,(H,25,30). The number of hydrogen-bond acceptors (Lipinski definition) is 6. The molecule has 2 heterocycles. The largest absolute Gasteiger partial charge is 0.480 e. The number of piperazine rings is 1. The predicted molar refractivity (Wildman–Crippen MR) is 121 cm³/mol. The molecule has 1 aliphatic rings. The number of aromatic nitrogens is 1. The monoisotopic (exact) mass is 428 g/mol. The molecule has 0 radical (unpaired) electrons. The van der Waals surface area contributed by atoms with E-state index < -0.39 is 5.97 Å². The predicted octanol–water partition coefficient (Wildman–Crippen LogP) is 3.15. The highest BCUT2D eigenvalue weighted by atomic mass is 32.1. The highest BCUT2D eigenvalue weighted by molar-refractivity contribution is 7.80. The molecule has 3 rings (SSSR count). The topological polar surface area (TPSA) is 75.7 Å². The minimum atomic E-state index is -0.452. The van der Waals surface area contributed by atoms with Crippen LogP contribution in [0.25, 0.3) is 0 Å². The fourth-order valence-corrected chi connectivity index (χ4v) is 4.11. The number of carbonyl (C=O) groups is 1. The molecular formula is C22H28N4O3S. The maximum Gasteiger partial charge on any atom is 0.339 e. The number of thiocarbonyl (C=S) groups is 1. The molecule has 160 valence electrons. The molecule has 7 nitrogen and oxygen atoms in total. The molecule has 1 unspecified atom stereocenters. The lowest BCUT2D eigenvalue weighted by Gasteiger charge is -2.38. The summed E-state index contributed by atoms with van der Waals surface area (Å²) in [5, 5.41) is 7.25. The molecule has 1 aliphatic heterocycles. The second-order valence-electron chi connectivity index (χ2n) is 7.43. The van der Waals surface area contributed by atoms with Crippen molar-refractivity contribution >= 4 is 29.0 Å². The van der Waals surface area contributed by atoms with E-state index in [9.17, 15) is 4.79 Å². The van der Waals surface area contributed by atoms with Crippen molar-refractivity contribution in [3.63, 3.8) is 0 Å². The van der Waals surface area contributed by atoms with Crippen LogP contribution in [0.4, 0.5) is 5.69 Å². The number of anilines is 1. The van der Waals surface area contributed by atoms with Gasteiger partial charge in [0.1, 0.15) is 5.69 Å². The van der Waals surface area contributed by atoms with Gasteiger partial charge in [-0.3, -0.25) is 0 Å². The summed E-state index contributed by atoms with van der Waals surface area (Å²) >= 11 is 5.76. The Bertz CT molecular complexity index is 943. The second-order valence-corrected chi connectivity index (χ2v) is 7.82. The first kappa shape index (κ1) is 22.0. The summed E-state index contributed by atoms with van der Waals surface area (Å²) in [7, 11) is 2.88. The van der Waals surface area contributed by atoms with E-state index in [-0.39, 0.29) is 6.04 Å². The van der Waals surface area contributed by atoms with Crippen LogP contribution in [0.15, 0.2) is 24.3 Å². The number of rotatable bonds is 4. The number of methoxy groups -OCH3 is 2. The van der Waals surface area contributed by atoms with Gasteiger partial charge in [0.05, 0.1) is 31.5 Å². The Morgan fingerprint density at radius 1 is 1.20 bits per heavy atom. The number of benzene rings is 1. The number of carbonyl (C=O) groups excluding carboxylic acids is 1.